The quantitative estimate of drug-likeness (QED) is 0.571. The number of hydrogen-bond acceptors (Lipinski definition) is 5. The van der Waals surface area contributed by atoms with Crippen LogP contribution in [0.15, 0.2) is 48.0 Å². The molecule has 0 bridgehead atoms. The maximum atomic E-state index is 12.9. The number of halogens is 1. The first-order valence-electron chi connectivity index (χ1n) is 9.32. The van der Waals surface area contributed by atoms with Gasteiger partial charge in [0.2, 0.25) is 0 Å². The molecular formula is C21H20ClN3O3S. The second-order valence-electron chi connectivity index (χ2n) is 6.86. The van der Waals surface area contributed by atoms with Crippen LogP contribution in [0.25, 0.3) is 10.6 Å². The van der Waals surface area contributed by atoms with Gasteiger partial charge in [0.05, 0.1) is 7.11 Å². The Bertz CT molecular complexity index is 1020. The summed E-state index contributed by atoms with van der Waals surface area (Å²) < 4.78 is 6.80. The Morgan fingerprint density at radius 2 is 1.90 bits per heavy atom. The fourth-order valence-electron chi connectivity index (χ4n) is 3.60. The van der Waals surface area contributed by atoms with Gasteiger partial charge in [-0.15, -0.1) is 11.3 Å². The standard InChI is InChI=1S/C21H20ClN3O3S/c1-28-21(27)18-3-2-10-25(18)16-8-11-24(12-9-16)20(26)17-13-29-19(23-17)14-4-6-15(22)7-5-14/h2-7,10,13,16H,8-9,11-12H2,1H3. The smallest absolute Gasteiger partial charge is 0.354 e. The van der Waals surface area contributed by atoms with Gasteiger partial charge in [0.25, 0.3) is 5.91 Å². The highest BCUT2D eigenvalue weighted by Gasteiger charge is 2.27. The number of piperidine rings is 1. The molecule has 0 unspecified atom stereocenters. The Labute approximate surface area is 177 Å². The zero-order valence-electron chi connectivity index (χ0n) is 15.9. The van der Waals surface area contributed by atoms with Crippen LogP contribution < -0.4 is 0 Å². The van der Waals surface area contributed by atoms with E-state index in [1.165, 1.54) is 18.4 Å². The SMILES string of the molecule is COC(=O)c1cccn1C1CCN(C(=O)c2csc(-c3ccc(Cl)cc3)n2)CC1. The fourth-order valence-corrected chi connectivity index (χ4v) is 4.52. The van der Waals surface area contributed by atoms with Gasteiger partial charge in [-0.05, 0) is 37.1 Å². The summed E-state index contributed by atoms with van der Waals surface area (Å²) in [5.41, 5.74) is 1.96. The lowest BCUT2D eigenvalue weighted by molar-refractivity contribution is 0.0573. The molecule has 0 atom stereocenters. The Morgan fingerprint density at radius 3 is 2.59 bits per heavy atom. The van der Waals surface area contributed by atoms with Crippen LogP contribution in [-0.4, -0.2) is 46.5 Å². The topological polar surface area (TPSA) is 64.4 Å². The number of benzene rings is 1. The predicted molar refractivity (Wildman–Crippen MR) is 113 cm³/mol. The Balaban J connectivity index is 1.42. The van der Waals surface area contributed by atoms with Crippen LogP contribution in [0.4, 0.5) is 0 Å². The van der Waals surface area contributed by atoms with Crippen molar-refractivity contribution in [2.24, 2.45) is 0 Å². The largest absolute Gasteiger partial charge is 0.464 e. The molecule has 1 aliphatic heterocycles. The first kappa shape index (κ1) is 19.7. The Morgan fingerprint density at radius 1 is 1.17 bits per heavy atom. The molecule has 0 spiro atoms. The molecule has 1 saturated heterocycles. The first-order chi connectivity index (χ1) is 14.1. The van der Waals surface area contributed by atoms with Gasteiger partial charge in [-0.1, -0.05) is 23.7 Å². The molecule has 8 heteroatoms. The van der Waals surface area contributed by atoms with Crippen LogP contribution in [0.1, 0.15) is 39.9 Å². The lowest BCUT2D eigenvalue weighted by atomic mass is 10.0. The van der Waals surface area contributed by atoms with Crippen molar-refractivity contribution < 1.29 is 14.3 Å². The second-order valence-corrected chi connectivity index (χ2v) is 8.15. The van der Waals surface area contributed by atoms with Crippen molar-refractivity contribution in [2.75, 3.05) is 20.2 Å². The minimum Gasteiger partial charge on any atom is -0.464 e. The van der Waals surface area contributed by atoms with Gasteiger partial charge in [-0.25, -0.2) is 9.78 Å². The number of thiazole rings is 1. The highest BCUT2D eigenvalue weighted by molar-refractivity contribution is 7.13. The van der Waals surface area contributed by atoms with Gasteiger partial charge >= 0.3 is 5.97 Å². The Kier molecular flexibility index (Phi) is 5.69. The highest BCUT2D eigenvalue weighted by Crippen LogP contribution is 2.28. The molecule has 0 aliphatic carbocycles. The van der Waals surface area contributed by atoms with Crippen LogP contribution in [0.5, 0.6) is 0 Å². The molecule has 4 rings (SSSR count). The van der Waals surface area contributed by atoms with Crippen molar-refractivity contribution in [3.8, 4) is 10.6 Å². The minimum atomic E-state index is -0.342. The molecule has 0 radical (unpaired) electrons. The summed E-state index contributed by atoms with van der Waals surface area (Å²) in [6.07, 6.45) is 3.45. The van der Waals surface area contributed by atoms with E-state index < -0.39 is 0 Å². The van der Waals surface area contributed by atoms with E-state index in [4.69, 9.17) is 16.3 Å². The highest BCUT2D eigenvalue weighted by atomic mass is 35.5. The molecule has 2 aromatic heterocycles. The number of rotatable bonds is 4. The second kappa shape index (κ2) is 8.39. The summed E-state index contributed by atoms with van der Waals surface area (Å²) in [5, 5.41) is 3.28. The number of methoxy groups -OCH3 is 1. The number of ether oxygens (including phenoxy) is 1. The van der Waals surface area contributed by atoms with E-state index in [1.54, 1.807) is 11.4 Å². The summed E-state index contributed by atoms with van der Waals surface area (Å²) in [7, 11) is 1.38. The van der Waals surface area contributed by atoms with Crippen LogP contribution in [0, 0.1) is 0 Å². The summed E-state index contributed by atoms with van der Waals surface area (Å²) in [6.45, 7) is 1.24. The molecule has 3 aromatic rings. The molecular weight excluding hydrogens is 410 g/mol. The molecule has 6 nitrogen and oxygen atoms in total. The van der Waals surface area contributed by atoms with Crippen molar-refractivity contribution in [1.29, 1.82) is 0 Å². The zero-order valence-corrected chi connectivity index (χ0v) is 17.4. The molecule has 1 aromatic carbocycles. The minimum absolute atomic E-state index is 0.0550. The predicted octanol–water partition coefficient (Wildman–Crippen LogP) is 4.53. The molecule has 1 aliphatic rings. The third kappa shape index (κ3) is 4.06. The van der Waals surface area contributed by atoms with E-state index in [1.807, 2.05) is 46.0 Å². The van der Waals surface area contributed by atoms with Gasteiger partial charge in [0.1, 0.15) is 16.4 Å². The lowest BCUT2D eigenvalue weighted by Gasteiger charge is -2.33. The van der Waals surface area contributed by atoms with E-state index in [0.717, 1.165) is 23.4 Å². The number of likely N-dealkylation sites (tertiary alicyclic amines) is 1. The van der Waals surface area contributed by atoms with E-state index >= 15 is 0 Å². The first-order valence-corrected chi connectivity index (χ1v) is 10.6. The van der Waals surface area contributed by atoms with Crippen LogP contribution >= 0.6 is 22.9 Å². The van der Waals surface area contributed by atoms with Crippen LogP contribution in [-0.2, 0) is 4.74 Å². The molecule has 3 heterocycles. The third-order valence-electron chi connectivity index (χ3n) is 5.13. The lowest BCUT2D eigenvalue weighted by Crippen LogP contribution is -2.39. The van der Waals surface area contributed by atoms with E-state index in [2.05, 4.69) is 4.98 Å². The number of carbonyl (C=O) groups excluding carboxylic acids is 2. The number of amides is 1. The third-order valence-corrected chi connectivity index (χ3v) is 6.28. The van der Waals surface area contributed by atoms with Crippen LogP contribution in [0.2, 0.25) is 5.02 Å². The van der Waals surface area contributed by atoms with E-state index in [9.17, 15) is 9.59 Å². The monoisotopic (exact) mass is 429 g/mol. The van der Waals surface area contributed by atoms with Gasteiger partial charge < -0.3 is 14.2 Å². The van der Waals surface area contributed by atoms with Crippen molar-refractivity contribution >= 4 is 34.8 Å². The summed E-state index contributed by atoms with van der Waals surface area (Å²) >= 11 is 7.39. The zero-order chi connectivity index (χ0) is 20.4. The van der Waals surface area contributed by atoms with Crippen molar-refractivity contribution in [2.45, 2.75) is 18.9 Å². The van der Waals surface area contributed by atoms with Gasteiger partial charge in [0.15, 0.2) is 0 Å². The summed E-state index contributed by atoms with van der Waals surface area (Å²) in [5.74, 6) is -0.397. The molecule has 1 fully saturated rings. The summed E-state index contributed by atoms with van der Waals surface area (Å²) in [4.78, 5) is 31.1. The maximum absolute atomic E-state index is 12.9. The average Bonchev–Trinajstić information content (AvgIpc) is 3.43. The molecule has 150 valence electrons. The maximum Gasteiger partial charge on any atom is 0.354 e. The van der Waals surface area contributed by atoms with Crippen LogP contribution in [0.3, 0.4) is 0 Å². The normalized spacial score (nSPS) is 14.8. The van der Waals surface area contributed by atoms with Crippen molar-refractivity contribution in [1.82, 2.24) is 14.5 Å². The molecule has 29 heavy (non-hydrogen) atoms. The number of nitrogens with zero attached hydrogens (tertiary/aromatic N) is 3. The fraction of sp³-hybridized carbons (Fsp3) is 0.286. The van der Waals surface area contributed by atoms with Gasteiger partial charge in [-0.3, -0.25) is 4.79 Å². The van der Waals surface area contributed by atoms with Gasteiger partial charge in [-0.2, -0.15) is 0 Å². The van der Waals surface area contributed by atoms with Gasteiger partial charge in [0, 0.05) is 41.3 Å². The van der Waals surface area contributed by atoms with Crippen molar-refractivity contribution in [3.05, 3.63) is 64.4 Å². The Hall–Kier alpha value is -2.64. The number of esters is 1. The number of aromatic nitrogens is 2. The number of carbonyl (C=O) groups is 2. The van der Waals surface area contributed by atoms with Crippen molar-refractivity contribution in [3.63, 3.8) is 0 Å². The number of hydrogen-bond donors (Lipinski definition) is 0. The molecule has 0 N–H and O–H groups in total. The van der Waals surface area contributed by atoms with E-state index in [0.29, 0.717) is 29.5 Å². The molecule has 0 saturated carbocycles. The molecule has 1 amide bonds. The average molecular weight is 430 g/mol. The van der Waals surface area contributed by atoms with E-state index in [-0.39, 0.29) is 17.9 Å². The summed E-state index contributed by atoms with van der Waals surface area (Å²) in [6, 6.07) is 11.2.